The van der Waals surface area contributed by atoms with E-state index in [1.54, 1.807) is 13.2 Å². The number of nitrogens with zero attached hydrogens (tertiary/aromatic N) is 1. The summed E-state index contributed by atoms with van der Waals surface area (Å²) in [6.07, 6.45) is 0. The molecule has 0 atom stereocenters. The van der Waals surface area contributed by atoms with Gasteiger partial charge in [-0.2, -0.15) is 0 Å². The van der Waals surface area contributed by atoms with E-state index in [0.717, 1.165) is 27.9 Å². The Bertz CT molecular complexity index is 820. The molecule has 0 aliphatic rings. The number of methoxy groups -OCH3 is 1. The molecule has 0 spiro atoms. The lowest BCUT2D eigenvalue weighted by Gasteiger charge is -2.24. The Morgan fingerprint density at radius 1 is 1.00 bits per heavy atom. The summed E-state index contributed by atoms with van der Waals surface area (Å²) >= 11 is 0. The lowest BCUT2D eigenvalue weighted by Crippen LogP contribution is -2.37. The molecule has 138 valence electrons. The van der Waals surface area contributed by atoms with Gasteiger partial charge < -0.3 is 10.1 Å². The molecule has 0 aliphatic heterocycles. The summed E-state index contributed by atoms with van der Waals surface area (Å²) in [5, 5.41) is 2.94. The zero-order valence-corrected chi connectivity index (χ0v) is 16.3. The number of carbonyl (C=O) groups is 2. The smallest absolute Gasteiger partial charge is 0.244 e. The van der Waals surface area contributed by atoms with Crippen molar-refractivity contribution in [3.63, 3.8) is 0 Å². The summed E-state index contributed by atoms with van der Waals surface area (Å²) in [7, 11) is 1.55. The van der Waals surface area contributed by atoms with Crippen LogP contribution in [-0.4, -0.2) is 25.5 Å². The first-order valence-corrected chi connectivity index (χ1v) is 8.53. The maximum Gasteiger partial charge on any atom is 0.244 e. The minimum atomic E-state index is -0.251. The van der Waals surface area contributed by atoms with Crippen molar-refractivity contribution in [1.82, 2.24) is 0 Å². The van der Waals surface area contributed by atoms with Crippen LogP contribution in [0.15, 0.2) is 30.3 Å². The number of rotatable bonds is 5. The summed E-state index contributed by atoms with van der Waals surface area (Å²) < 4.78 is 5.36. The number of hydrogen-bond acceptors (Lipinski definition) is 3. The van der Waals surface area contributed by atoms with Gasteiger partial charge in [0.1, 0.15) is 12.3 Å². The molecule has 0 heterocycles. The Morgan fingerprint density at radius 2 is 1.62 bits per heavy atom. The van der Waals surface area contributed by atoms with Crippen molar-refractivity contribution < 1.29 is 14.3 Å². The third kappa shape index (κ3) is 4.42. The van der Waals surface area contributed by atoms with Crippen molar-refractivity contribution in [3.8, 4) is 5.75 Å². The number of nitrogens with one attached hydrogen (secondary N) is 1. The minimum Gasteiger partial charge on any atom is -0.495 e. The Labute approximate surface area is 155 Å². The van der Waals surface area contributed by atoms with Gasteiger partial charge in [-0.05, 0) is 56.5 Å². The molecule has 0 aliphatic carbocycles. The molecule has 0 unspecified atom stereocenters. The molecule has 2 amide bonds. The summed E-state index contributed by atoms with van der Waals surface area (Å²) in [5.41, 5.74) is 5.51. The van der Waals surface area contributed by atoms with Crippen molar-refractivity contribution >= 4 is 23.2 Å². The average Bonchev–Trinajstić information content (AvgIpc) is 2.55. The number of benzene rings is 2. The third-order valence-corrected chi connectivity index (χ3v) is 4.25. The average molecular weight is 354 g/mol. The number of amides is 2. The van der Waals surface area contributed by atoms with Gasteiger partial charge in [-0.3, -0.25) is 14.5 Å². The van der Waals surface area contributed by atoms with Crippen molar-refractivity contribution in [1.29, 1.82) is 0 Å². The van der Waals surface area contributed by atoms with E-state index in [1.165, 1.54) is 11.8 Å². The maximum absolute atomic E-state index is 12.6. The summed E-state index contributed by atoms with van der Waals surface area (Å²) in [4.78, 5) is 26.2. The van der Waals surface area contributed by atoms with Crippen LogP contribution in [0.5, 0.6) is 5.75 Å². The van der Waals surface area contributed by atoms with Crippen molar-refractivity contribution in [3.05, 3.63) is 52.6 Å². The van der Waals surface area contributed by atoms with Crippen LogP contribution in [0.3, 0.4) is 0 Å². The van der Waals surface area contributed by atoms with E-state index in [-0.39, 0.29) is 18.4 Å². The molecular weight excluding hydrogens is 328 g/mol. The highest BCUT2D eigenvalue weighted by Gasteiger charge is 2.20. The lowest BCUT2D eigenvalue weighted by molar-refractivity contribution is -0.120. The van der Waals surface area contributed by atoms with Crippen LogP contribution in [-0.2, 0) is 9.59 Å². The molecule has 0 aromatic heterocycles. The Morgan fingerprint density at radius 3 is 2.15 bits per heavy atom. The molecule has 5 heteroatoms. The normalized spacial score (nSPS) is 10.4. The molecular formula is C21H26N2O3. The first-order chi connectivity index (χ1) is 12.2. The van der Waals surface area contributed by atoms with Gasteiger partial charge in [-0.1, -0.05) is 23.8 Å². The van der Waals surface area contributed by atoms with Crippen molar-refractivity contribution in [2.75, 3.05) is 23.9 Å². The molecule has 1 N–H and O–H groups in total. The van der Waals surface area contributed by atoms with E-state index < -0.39 is 0 Å². The van der Waals surface area contributed by atoms with Gasteiger partial charge in [0.15, 0.2) is 0 Å². The molecule has 26 heavy (non-hydrogen) atoms. The quantitative estimate of drug-likeness (QED) is 0.885. The number of hydrogen-bond donors (Lipinski definition) is 1. The van der Waals surface area contributed by atoms with Gasteiger partial charge in [0.2, 0.25) is 11.8 Å². The summed E-state index contributed by atoms with van der Waals surface area (Å²) in [6, 6.07) is 9.59. The minimum absolute atomic E-state index is 0.0814. The Hall–Kier alpha value is -2.82. The van der Waals surface area contributed by atoms with E-state index in [2.05, 4.69) is 5.32 Å². The Balaban J connectivity index is 2.28. The second-order valence-electron chi connectivity index (χ2n) is 6.60. The summed E-state index contributed by atoms with van der Waals surface area (Å²) in [5.74, 6) is 0.0847. The lowest BCUT2D eigenvalue weighted by atomic mass is 10.1. The van der Waals surface area contributed by atoms with E-state index in [9.17, 15) is 9.59 Å². The van der Waals surface area contributed by atoms with Crippen LogP contribution in [0.25, 0.3) is 0 Å². The van der Waals surface area contributed by atoms with Gasteiger partial charge in [-0.15, -0.1) is 0 Å². The summed E-state index contributed by atoms with van der Waals surface area (Å²) in [6.45, 7) is 9.23. The van der Waals surface area contributed by atoms with Gasteiger partial charge >= 0.3 is 0 Å². The number of aryl methyl sites for hydroxylation is 4. The highest BCUT2D eigenvalue weighted by Crippen LogP contribution is 2.29. The van der Waals surface area contributed by atoms with Gasteiger partial charge in [0.05, 0.1) is 12.8 Å². The van der Waals surface area contributed by atoms with E-state index >= 15 is 0 Å². The topological polar surface area (TPSA) is 58.6 Å². The van der Waals surface area contributed by atoms with Gasteiger partial charge in [-0.25, -0.2) is 0 Å². The predicted molar refractivity (Wildman–Crippen MR) is 105 cm³/mol. The number of carbonyl (C=O) groups excluding carboxylic acids is 2. The SMILES string of the molecule is COc1ccc(C)cc1N(CC(=O)Nc1c(C)cc(C)cc1C)C(C)=O. The highest BCUT2D eigenvalue weighted by molar-refractivity contribution is 6.03. The highest BCUT2D eigenvalue weighted by atomic mass is 16.5. The monoisotopic (exact) mass is 354 g/mol. The fourth-order valence-corrected chi connectivity index (χ4v) is 3.08. The molecule has 0 bridgehead atoms. The van der Waals surface area contributed by atoms with Crippen LogP contribution < -0.4 is 15.0 Å². The standard InChI is InChI=1S/C21H26N2O3/c1-13-7-8-19(26-6)18(11-13)23(17(5)24)12-20(25)22-21-15(3)9-14(2)10-16(21)4/h7-11H,12H2,1-6H3,(H,22,25). The maximum atomic E-state index is 12.6. The molecule has 0 fully saturated rings. The molecule has 0 saturated heterocycles. The first kappa shape index (κ1) is 19.5. The second-order valence-corrected chi connectivity index (χ2v) is 6.60. The third-order valence-electron chi connectivity index (χ3n) is 4.25. The van der Waals surface area contributed by atoms with Crippen molar-refractivity contribution in [2.45, 2.75) is 34.6 Å². The molecule has 0 saturated carbocycles. The van der Waals surface area contributed by atoms with Crippen LogP contribution in [0.4, 0.5) is 11.4 Å². The van der Waals surface area contributed by atoms with Gasteiger partial charge in [0.25, 0.3) is 0 Å². The van der Waals surface area contributed by atoms with E-state index in [0.29, 0.717) is 11.4 Å². The Kier molecular flexibility index (Phi) is 6.03. The van der Waals surface area contributed by atoms with Crippen molar-refractivity contribution in [2.24, 2.45) is 0 Å². The molecule has 2 aromatic carbocycles. The van der Waals surface area contributed by atoms with Gasteiger partial charge in [0, 0.05) is 12.6 Å². The zero-order valence-electron chi connectivity index (χ0n) is 16.3. The van der Waals surface area contributed by atoms with E-state index in [4.69, 9.17) is 4.74 Å². The predicted octanol–water partition coefficient (Wildman–Crippen LogP) is 3.92. The largest absolute Gasteiger partial charge is 0.495 e. The first-order valence-electron chi connectivity index (χ1n) is 8.53. The fourth-order valence-electron chi connectivity index (χ4n) is 3.08. The molecule has 0 radical (unpaired) electrons. The van der Waals surface area contributed by atoms with Crippen LogP contribution in [0.1, 0.15) is 29.2 Å². The van der Waals surface area contributed by atoms with E-state index in [1.807, 2.05) is 52.0 Å². The van der Waals surface area contributed by atoms with Crippen LogP contribution in [0.2, 0.25) is 0 Å². The molecule has 2 aromatic rings. The zero-order chi connectivity index (χ0) is 19.4. The van der Waals surface area contributed by atoms with Crippen LogP contribution >= 0.6 is 0 Å². The molecule has 5 nitrogen and oxygen atoms in total. The van der Waals surface area contributed by atoms with Crippen LogP contribution in [0, 0.1) is 27.7 Å². The fraction of sp³-hybridized carbons (Fsp3) is 0.333. The number of ether oxygens (including phenoxy) is 1. The molecule has 2 rings (SSSR count). The second kappa shape index (κ2) is 8.04. The number of anilines is 2.